The summed E-state index contributed by atoms with van der Waals surface area (Å²) in [4.78, 5) is 14.1. The van der Waals surface area contributed by atoms with E-state index in [1.807, 2.05) is 35.2 Å². The van der Waals surface area contributed by atoms with Crippen molar-refractivity contribution in [3.63, 3.8) is 0 Å². The fourth-order valence-corrected chi connectivity index (χ4v) is 2.92. The molecule has 2 aromatic rings. The van der Waals surface area contributed by atoms with E-state index in [0.717, 1.165) is 24.2 Å². The van der Waals surface area contributed by atoms with E-state index in [9.17, 15) is 4.79 Å². The third-order valence-corrected chi connectivity index (χ3v) is 4.14. The first-order chi connectivity index (χ1) is 11.6. The predicted octanol–water partition coefficient (Wildman–Crippen LogP) is 3.60. The summed E-state index contributed by atoms with van der Waals surface area (Å²) in [5, 5.41) is 0. The summed E-state index contributed by atoms with van der Waals surface area (Å²) in [6.07, 6.45) is 9.08. The van der Waals surface area contributed by atoms with Crippen molar-refractivity contribution < 1.29 is 9.53 Å². The molecule has 4 heteroatoms. The molecule has 0 atom stereocenters. The maximum absolute atomic E-state index is 11.9. The Kier molecular flexibility index (Phi) is 4.67. The Morgan fingerprint density at radius 3 is 2.83 bits per heavy atom. The number of rotatable bonds is 4. The van der Waals surface area contributed by atoms with Gasteiger partial charge in [0.1, 0.15) is 0 Å². The van der Waals surface area contributed by atoms with Gasteiger partial charge in [-0.3, -0.25) is 0 Å². The van der Waals surface area contributed by atoms with Crippen molar-refractivity contribution in [3.05, 3.63) is 65.0 Å². The second-order valence-electron chi connectivity index (χ2n) is 6.13. The number of aromatic nitrogens is 1. The number of nitrogens with zero attached hydrogens (tertiary/aromatic N) is 2. The highest BCUT2D eigenvalue weighted by Gasteiger charge is 2.18. The molecule has 0 unspecified atom stereocenters. The number of esters is 1. The molecule has 0 saturated carbocycles. The second kappa shape index (κ2) is 6.89. The SMILES string of the molecule is COC(=O)c1cc2n(c1)C=Cc1ccccc1/C2=C\CCN(C)C. The molecule has 0 radical (unpaired) electrons. The molecular weight excluding hydrogens is 300 g/mol. The average molecular weight is 322 g/mol. The molecule has 3 rings (SSSR count). The van der Waals surface area contributed by atoms with E-state index in [4.69, 9.17) is 4.74 Å². The Morgan fingerprint density at radius 1 is 1.29 bits per heavy atom. The Bertz CT molecular complexity index is 813. The number of carbonyl (C=O) groups is 1. The van der Waals surface area contributed by atoms with Crippen molar-refractivity contribution in [2.75, 3.05) is 27.7 Å². The van der Waals surface area contributed by atoms with Crippen LogP contribution in [0.15, 0.2) is 42.6 Å². The van der Waals surface area contributed by atoms with Gasteiger partial charge in [0, 0.05) is 24.5 Å². The van der Waals surface area contributed by atoms with Crippen LogP contribution in [-0.4, -0.2) is 43.2 Å². The molecule has 4 nitrogen and oxygen atoms in total. The van der Waals surface area contributed by atoms with Gasteiger partial charge < -0.3 is 14.2 Å². The monoisotopic (exact) mass is 322 g/mol. The van der Waals surface area contributed by atoms with Crippen LogP contribution in [0.3, 0.4) is 0 Å². The zero-order chi connectivity index (χ0) is 17.1. The van der Waals surface area contributed by atoms with E-state index in [0.29, 0.717) is 5.56 Å². The molecule has 0 spiro atoms. The lowest BCUT2D eigenvalue weighted by molar-refractivity contribution is 0.0601. The van der Waals surface area contributed by atoms with Crippen LogP contribution in [0.2, 0.25) is 0 Å². The van der Waals surface area contributed by atoms with Crippen LogP contribution in [0.25, 0.3) is 17.8 Å². The first-order valence-corrected chi connectivity index (χ1v) is 8.03. The van der Waals surface area contributed by atoms with Crippen molar-refractivity contribution in [2.24, 2.45) is 0 Å². The van der Waals surface area contributed by atoms with E-state index < -0.39 is 0 Å². The van der Waals surface area contributed by atoms with Gasteiger partial charge in [0.15, 0.2) is 0 Å². The molecular formula is C20H22N2O2. The van der Waals surface area contributed by atoms with Crippen molar-refractivity contribution in [3.8, 4) is 0 Å². The highest BCUT2D eigenvalue weighted by atomic mass is 16.5. The molecule has 124 valence electrons. The summed E-state index contributed by atoms with van der Waals surface area (Å²) in [6, 6.07) is 10.2. The van der Waals surface area contributed by atoms with Crippen LogP contribution < -0.4 is 0 Å². The molecule has 0 N–H and O–H groups in total. The van der Waals surface area contributed by atoms with E-state index in [-0.39, 0.29) is 5.97 Å². The highest BCUT2D eigenvalue weighted by molar-refractivity contribution is 5.94. The first kappa shape index (κ1) is 16.3. The Morgan fingerprint density at radius 2 is 2.08 bits per heavy atom. The number of ether oxygens (including phenoxy) is 1. The fourth-order valence-electron chi connectivity index (χ4n) is 2.92. The van der Waals surface area contributed by atoms with Crippen LogP contribution in [-0.2, 0) is 4.74 Å². The lowest BCUT2D eigenvalue weighted by Crippen LogP contribution is -2.12. The third-order valence-electron chi connectivity index (χ3n) is 4.14. The lowest BCUT2D eigenvalue weighted by atomic mass is 9.96. The highest BCUT2D eigenvalue weighted by Crippen LogP contribution is 2.32. The fraction of sp³-hybridized carbons (Fsp3) is 0.250. The zero-order valence-electron chi connectivity index (χ0n) is 14.3. The maximum atomic E-state index is 11.9. The molecule has 0 bridgehead atoms. The predicted molar refractivity (Wildman–Crippen MR) is 97.7 cm³/mol. The van der Waals surface area contributed by atoms with Crippen LogP contribution in [0.5, 0.6) is 0 Å². The van der Waals surface area contributed by atoms with E-state index in [1.54, 1.807) is 0 Å². The molecule has 0 amide bonds. The zero-order valence-corrected chi connectivity index (χ0v) is 14.3. The van der Waals surface area contributed by atoms with Crippen LogP contribution in [0, 0.1) is 0 Å². The smallest absolute Gasteiger partial charge is 0.339 e. The third kappa shape index (κ3) is 3.19. The van der Waals surface area contributed by atoms with Gasteiger partial charge in [0.05, 0.1) is 18.4 Å². The van der Waals surface area contributed by atoms with Gasteiger partial charge in [-0.25, -0.2) is 4.79 Å². The summed E-state index contributed by atoms with van der Waals surface area (Å²) < 4.78 is 6.85. The minimum atomic E-state index is -0.315. The molecule has 1 aliphatic heterocycles. The number of carbonyl (C=O) groups excluding carboxylic acids is 1. The van der Waals surface area contributed by atoms with Crippen LogP contribution in [0.4, 0.5) is 0 Å². The summed E-state index contributed by atoms with van der Waals surface area (Å²) >= 11 is 0. The first-order valence-electron chi connectivity index (χ1n) is 8.03. The molecule has 1 aliphatic rings. The minimum Gasteiger partial charge on any atom is -0.465 e. The van der Waals surface area contributed by atoms with Gasteiger partial charge in [0.25, 0.3) is 0 Å². The summed E-state index contributed by atoms with van der Waals surface area (Å²) in [5.74, 6) is -0.315. The molecule has 24 heavy (non-hydrogen) atoms. The number of methoxy groups -OCH3 is 1. The van der Waals surface area contributed by atoms with Gasteiger partial charge in [-0.15, -0.1) is 0 Å². The van der Waals surface area contributed by atoms with Crippen molar-refractivity contribution in [1.82, 2.24) is 9.47 Å². The number of benzene rings is 1. The standard InChI is InChI=1S/C20H22N2O2/c1-21(2)11-6-9-18-17-8-5-4-7-15(17)10-12-22-14-16(13-19(18)22)20(23)24-3/h4-5,7-10,12-14H,6,11H2,1-3H3/b18-9+. The maximum Gasteiger partial charge on any atom is 0.339 e. The molecule has 0 aliphatic carbocycles. The quantitative estimate of drug-likeness (QED) is 0.688. The summed E-state index contributed by atoms with van der Waals surface area (Å²) in [5.41, 5.74) is 5.08. The average Bonchev–Trinajstić information content (AvgIpc) is 2.94. The molecule has 1 aromatic heterocycles. The molecule has 0 fully saturated rings. The van der Waals surface area contributed by atoms with Crippen molar-refractivity contribution in [2.45, 2.75) is 6.42 Å². The van der Waals surface area contributed by atoms with Gasteiger partial charge in [-0.1, -0.05) is 30.3 Å². The van der Waals surface area contributed by atoms with Gasteiger partial charge in [-0.05, 0) is 43.8 Å². The molecule has 1 aromatic carbocycles. The number of hydrogen-bond donors (Lipinski definition) is 0. The Balaban J connectivity index is 2.10. The summed E-state index contributed by atoms with van der Waals surface area (Å²) in [6.45, 7) is 0.976. The van der Waals surface area contributed by atoms with Gasteiger partial charge in [0.2, 0.25) is 0 Å². The lowest BCUT2D eigenvalue weighted by Gasteiger charge is -2.12. The van der Waals surface area contributed by atoms with Crippen molar-refractivity contribution in [1.29, 1.82) is 0 Å². The van der Waals surface area contributed by atoms with Crippen LogP contribution >= 0.6 is 0 Å². The van der Waals surface area contributed by atoms with Crippen LogP contribution in [0.1, 0.15) is 33.6 Å². The normalized spacial score (nSPS) is 14.4. The molecule has 0 saturated heterocycles. The second-order valence-corrected chi connectivity index (χ2v) is 6.13. The number of fused-ring (bicyclic) bond motifs is 2. The van der Waals surface area contributed by atoms with Gasteiger partial charge >= 0.3 is 5.97 Å². The topological polar surface area (TPSA) is 34.5 Å². The Labute approximate surface area is 142 Å². The van der Waals surface area contributed by atoms with Crippen molar-refractivity contribution >= 4 is 23.8 Å². The largest absolute Gasteiger partial charge is 0.465 e. The summed E-state index contributed by atoms with van der Waals surface area (Å²) in [7, 11) is 5.54. The van der Waals surface area contributed by atoms with E-state index in [1.165, 1.54) is 18.2 Å². The molecule has 2 heterocycles. The van der Waals surface area contributed by atoms with E-state index in [2.05, 4.69) is 43.3 Å². The number of hydrogen-bond acceptors (Lipinski definition) is 3. The minimum absolute atomic E-state index is 0.315. The van der Waals surface area contributed by atoms with Gasteiger partial charge in [-0.2, -0.15) is 0 Å². The van der Waals surface area contributed by atoms with E-state index >= 15 is 0 Å². The Hall–Kier alpha value is -2.59.